The monoisotopic (exact) mass is 515 g/mol. The Morgan fingerprint density at radius 2 is 1.81 bits per heavy atom. The summed E-state index contributed by atoms with van der Waals surface area (Å²) in [6.07, 6.45) is 5.35. The molecule has 4 nitrogen and oxygen atoms in total. The number of pyridine rings is 1. The summed E-state index contributed by atoms with van der Waals surface area (Å²) in [5, 5.41) is 1.71. The average Bonchev–Trinajstić information content (AvgIpc) is 2.89. The summed E-state index contributed by atoms with van der Waals surface area (Å²) in [6, 6.07) is 25.3. The van der Waals surface area contributed by atoms with E-state index >= 15 is 0 Å². The Morgan fingerprint density at radius 3 is 2.61 bits per heavy atom. The highest BCUT2D eigenvalue weighted by Crippen LogP contribution is 2.35. The first-order valence-electron chi connectivity index (χ1n) is 11.6. The largest absolute Gasteiger partial charge is 0.465 e. The Kier molecular flexibility index (Phi) is 8.57. The number of hydrogen-bond acceptors (Lipinski definition) is 5. The topological polar surface area (TPSA) is 56.3 Å². The minimum Gasteiger partial charge on any atom is -0.465 e. The van der Waals surface area contributed by atoms with E-state index in [1.54, 1.807) is 13.0 Å². The molecular formula is C30H26ClNO3S. The van der Waals surface area contributed by atoms with Crippen molar-refractivity contribution in [3.63, 3.8) is 0 Å². The summed E-state index contributed by atoms with van der Waals surface area (Å²) in [6.45, 7) is 1.58. The number of methoxy groups -OCH3 is 1. The molecule has 0 spiro atoms. The van der Waals surface area contributed by atoms with Crippen LogP contribution >= 0.6 is 23.4 Å². The van der Waals surface area contributed by atoms with Crippen LogP contribution in [0.5, 0.6) is 0 Å². The second-order valence-corrected chi connectivity index (χ2v) is 10.2. The van der Waals surface area contributed by atoms with Gasteiger partial charge in [0.25, 0.3) is 0 Å². The number of nitrogens with zero attached hydrogens (tertiary/aromatic N) is 1. The van der Waals surface area contributed by atoms with Gasteiger partial charge in [0.05, 0.1) is 23.9 Å². The number of carbonyl (C=O) groups excluding carboxylic acids is 2. The molecule has 4 aromatic rings. The van der Waals surface area contributed by atoms with Gasteiger partial charge in [-0.25, -0.2) is 9.78 Å². The molecular weight excluding hydrogens is 490 g/mol. The van der Waals surface area contributed by atoms with Crippen molar-refractivity contribution in [1.29, 1.82) is 0 Å². The molecule has 1 aromatic heterocycles. The van der Waals surface area contributed by atoms with Gasteiger partial charge >= 0.3 is 5.97 Å². The van der Waals surface area contributed by atoms with Crippen LogP contribution in [0, 0.1) is 0 Å². The normalized spacial score (nSPS) is 12.1. The van der Waals surface area contributed by atoms with Gasteiger partial charge in [0.15, 0.2) is 5.12 Å². The number of aromatic nitrogens is 1. The van der Waals surface area contributed by atoms with E-state index in [1.807, 2.05) is 78.9 Å². The van der Waals surface area contributed by atoms with E-state index in [4.69, 9.17) is 16.3 Å². The Hall–Kier alpha value is -3.41. The van der Waals surface area contributed by atoms with Crippen LogP contribution in [0.3, 0.4) is 0 Å². The molecule has 0 N–H and O–H groups in total. The predicted octanol–water partition coefficient (Wildman–Crippen LogP) is 7.80. The molecule has 0 bridgehead atoms. The Bertz CT molecular complexity index is 1430. The minimum atomic E-state index is -0.349. The van der Waals surface area contributed by atoms with E-state index in [0.29, 0.717) is 23.4 Å². The summed E-state index contributed by atoms with van der Waals surface area (Å²) in [7, 11) is 1.38. The molecule has 0 aliphatic carbocycles. The zero-order valence-corrected chi connectivity index (χ0v) is 21.7. The van der Waals surface area contributed by atoms with Crippen LogP contribution in [0.25, 0.3) is 23.1 Å². The van der Waals surface area contributed by atoms with Crippen LogP contribution in [-0.2, 0) is 16.0 Å². The van der Waals surface area contributed by atoms with Crippen LogP contribution in [-0.4, -0.2) is 23.2 Å². The van der Waals surface area contributed by atoms with Crippen molar-refractivity contribution in [3.8, 4) is 0 Å². The summed E-state index contributed by atoms with van der Waals surface area (Å²) in [5.41, 5.74) is 5.24. The molecule has 0 fully saturated rings. The number of rotatable bonds is 8. The Labute approximate surface area is 220 Å². The summed E-state index contributed by atoms with van der Waals surface area (Å²) >= 11 is 7.43. The van der Waals surface area contributed by atoms with Crippen molar-refractivity contribution in [2.24, 2.45) is 0 Å². The number of thioether (sulfide) groups is 1. The van der Waals surface area contributed by atoms with E-state index in [9.17, 15) is 9.59 Å². The van der Waals surface area contributed by atoms with Crippen molar-refractivity contribution in [2.45, 2.75) is 25.0 Å². The molecule has 4 rings (SSSR count). The number of fused-ring (bicyclic) bond motifs is 1. The number of ether oxygens (including phenoxy) is 1. The quantitative estimate of drug-likeness (QED) is 0.224. The molecule has 0 saturated carbocycles. The van der Waals surface area contributed by atoms with Crippen molar-refractivity contribution >= 4 is 57.5 Å². The SMILES string of the molecule is COC(=O)c1ccccc1CCC(SC(C)=O)c1cccc(/C=C/c2ccc3ccc(Cl)cc3n2)c1. The highest BCUT2D eigenvalue weighted by atomic mass is 35.5. The molecule has 0 aliphatic heterocycles. The molecule has 3 aromatic carbocycles. The van der Waals surface area contributed by atoms with Crippen LogP contribution in [0.1, 0.15) is 51.3 Å². The fourth-order valence-electron chi connectivity index (χ4n) is 4.07. The molecule has 0 saturated heterocycles. The molecule has 0 radical (unpaired) electrons. The van der Waals surface area contributed by atoms with Crippen LogP contribution in [0.2, 0.25) is 5.02 Å². The molecule has 36 heavy (non-hydrogen) atoms. The molecule has 0 aliphatic rings. The molecule has 1 unspecified atom stereocenters. The molecule has 1 atom stereocenters. The van der Waals surface area contributed by atoms with E-state index in [0.717, 1.165) is 33.3 Å². The number of hydrogen-bond donors (Lipinski definition) is 0. The highest BCUT2D eigenvalue weighted by molar-refractivity contribution is 8.13. The first-order valence-corrected chi connectivity index (χ1v) is 12.9. The smallest absolute Gasteiger partial charge is 0.338 e. The lowest BCUT2D eigenvalue weighted by Crippen LogP contribution is -2.07. The third-order valence-electron chi connectivity index (χ3n) is 5.81. The third-order valence-corrected chi connectivity index (χ3v) is 7.17. The third kappa shape index (κ3) is 6.62. The van der Waals surface area contributed by atoms with Gasteiger partial charge in [-0.2, -0.15) is 0 Å². The second kappa shape index (κ2) is 12.0. The number of benzene rings is 3. The molecule has 1 heterocycles. The molecule has 182 valence electrons. The lowest BCUT2D eigenvalue weighted by atomic mass is 9.98. The van der Waals surface area contributed by atoms with E-state index in [2.05, 4.69) is 11.1 Å². The van der Waals surface area contributed by atoms with Crippen LogP contribution in [0.15, 0.2) is 78.9 Å². The minimum absolute atomic E-state index is 0.0394. The zero-order chi connectivity index (χ0) is 25.5. The molecule has 6 heteroatoms. The van der Waals surface area contributed by atoms with Gasteiger partial charge in [-0.1, -0.05) is 84.0 Å². The van der Waals surface area contributed by atoms with Crippen molar-refractivity contribution in [2.75, 3.05) is 7.11 Å². The first-order chi connectivity index (χ1) is 17.4. The van der Waals surface area contributed by atoms with Crippen molar-refractivity contribution in [1.82, 2.24) is 4.98 Å². The van der Waals surface area contributed by atoms with Crippen molar-refractivity contribution < 1.29 is 14.3 Å². The number of carbonyl (C=O) groups is 2. The van der Waals surface area contributed by atoms with Gasteiger partial charge in [-0.3, -0.25) is 4.79 Å². The van der Waals surface area contributed by atoms with Gasteiger partial charge in [0.1, 0.15) is 0 Å². The predicted molar refractivity (Wildman–Crippen MR) is 149 cm³/mol. The van der Waals surface area contributed by atoms with E-state index in [1.165, 1.54) is 18.9 Å². The highest BCUT2D eigenvalue weighted by Gasteiger charge is 2.18. The van der Waals surface area contributed by atoms with E-state index in [-0.39, 0.29) is 16.3 Å². The van der Waals surface area contributed by atoms with Crippen LogP contribution < -0.4 is 0 Å². The number of halogens is 1. The maximum absolute atomic E-state index is 12.1. The summed E-state index contributed by atoms with van der Waals surface area (Å²) < 4.78 is 4.92. The maximum atomic E-state index is 12.1. The summed E-state index contributed by atoms with van der Waals surface area (Å²) in [5.74, 6) is -0.349. The Balaban J connectivity index is 1.54. The lowest BCUT2D eigenvalue weighted by molar-refractivity contribution is -0.109. The van der Waals surface area contributed by atoms with Crippen molar-refractivity contribution in [3.05, 3.63) is 112 Å². The van der Waals surface area contributed by atoms with Gasteiger partial charge in [-0.15, -0.1) is 0 Å². The van der Waals surface area contributed by atoms with Crippen LogP contribution in [0.4, 0.5) is 0 Å². The average molecular weight is 516 g/mol. The van der Waals surface area contributed by atoms with E-state index < -0.39 is 0 Å². The maximum Gasteiger partial charge on any atom is 0.338 e. The summed E-state index contributed by atoms with van der Waals surface area (Å²) in [4.78, 5) is 28.9. The standard InChI is InChI=1S/C30H26ClNO3S/c1-20(33)36-29(17-13-22-7-3-4-9-27(22)30(34)35-2)24-8-5-6-21(18-24)10-15-26-16-12-23-11-14-25(31)19-28(23)32-26/h3-12,14-16,18-19,29H,13,17H2,1-2H3/b15-10+. The Morgan fingerprint density at radius 1 is 1.00 bits per heavy atom. The number of esters is 1. The van der Waals surface area contributed by atoms with Gasteiger partial charge < -0.3 is 4.74 Å². The fraction of sp³-hybridized carbons (Fsp3) is 0.167. The van der Waals surface area contributed by atoms with Gasteiger partial charge in [-0.05, 0) is 59.9 Å². The molecule has 0 amide bonds. The first kappa shape index (κ1) is 25.7. The lowest BCUT2D eigenvalue weighted by Gasteiger charge is -2.17. The van der Waals surface area contributed by atoms with Gasteiger partial charge in [0, 0.05) is 22.6 Å². The second-order valence-electron chi connectivity index (χ2n) is 8.36. The van der Waals surface area contributed by atoms with Gasteiger partial charge in [0.2, 0.25) is 0 Å². The zero-order valence-electron chi connectivity index (χ0n) is 20.1. The number of aryl methyl sites for hydroxylation is 1. The fourth-order valence-corrected chi connectivity index (χ4v) is 5.16.